The van der Waals surface area contributed by atoms with Gasteiger partial charge in [0, 0.05) is 40.8 Å². The van der Waals surface area contributed by atoms with Gasteiger partial charge in [0.25, 0.3) is 0 Å². The molecule has 1 N–H and O–H groups in total. The molecule has 0 aromatic heterocycles. The second kappa shape index (κ2) is 5.71. The second-order valence-corrected chi connectivity index (χ2v) is 1.04. The zero-order valence-corrected chi connectivity index (χ0v) is 6.94. The predicted octanol–water partition coefficient (Wildman–Crippen LogP) is -2.94. The number of halogens is 1. The molecule has 5 heteroatoms. The summed E-state index contributed by atoms with van der Waals surface area (Å²) in [5.41, 5.74) is 0. The van der Waals surface area contributed by atoms with E-state index in [1.54, 1.807) is 0 Å². The van der Waals surface area contributed by atoms with E-state index in [0.717, 1.165) is 0 Å². The molecule has 0 spiro atoms. The Balaban J connectivity index is 0. The number of hydrogen-bond donors (Lipinski definition) is 1. The molecule has 0 atom stereocenters. The Hall–Kier alpha value is 1.71. The van der Waals surface area contributed by atoms with E-state index in [1.165, 1.54) is 0 Å². The van der Waals surface area contributed by atoms with Gasteiger partial charge in [0.2, 0.25) is 0 Å². The Bertz CT molecular complexity index is 11.6. The minimum Gasteiger partial charge on any atom is -0.372 e. The van der Waals surface area contributed by atoms with Gasteiger partial charge in [0.05, 0.1) is 0 Å². The van der Waals surface area contributed by atoms with Gasteiger partial charge >= 0.3 is 14.8 Å². The molecule has 3 nitrogen and oxygen atoms in total. The Morgan fingerprint density at radius 1 is 1.40 bits per heavy atom. The molecule has 0 fully saturated rings. The normalized spacial score (nSPS) is 7.20. The van der Waals surface area contributed by atoms with Gasteiger partial charge < -0.3 is 8.40 Å². The van der Waals surface area contributed by atoms with Crippen LogP contribution in [0.1, 0.15) is 0 Å². The minimum atomic E-state index is -3.40. The second-order valence-electron chi connectivity index (χ2n) is 0.201. The summed E-state index contributed by atoms with van der Waals surface area (Å²) in [5.74, 6) is 0. The zero-order chi connectivity index (χ0) is 3.58. The average Bonchev–Trinajstić information content (AvgIpc) is 0.811. The molecule has 0 aromatic rings. The predicted molar refractivity (Wildman–Crippen MR) is 2.22 cm³/mol. The van der Waals surface area contributed by atoms with Crippen LogP contribution in [0.4, 0.5) is 0 Å². The van der Waals surface area contributed by atoms with Gasteiger partial charge in [0.15, 0.2) is 0 Å². The van der Waals surface area contributed by atoms with Crippen LogP contribution in [0.3, 0.4) is 0 Å². The Morgan fingerprint density at radius 2 is 1.40 bits per heavy atom. The fraction of sp³-hybridized carbons (Fsp3) is 0. The molecule has 0 radical (unpaired) electrons. The van der Waals surface area contributed by atoms with Crippen molar-refractivity contribution in [1.29, 1.82) is 0 Å². The van der Waals surface area contributed by atoms with Crippen LogP contribution in [-0.4, -0.2) is 4.20 Å². The Labute approximate surface area is 67.3 Å². The smallest absolute Gasteiger partial charge is 0.372 e. The van der Waals surface area contributed by atoms with Crippen LogP contribution >= 0.6 is 0 Å². The maximum atomic E-state index is 8.63. The SMILES string of the molecule is [Nd].[O-][Br+2]([O-])O. The van der Waals surface area contributed by atoms with Crippen molar-refractivity contribution in [2.75, 3.05) is 0 Å². The first-order chi connectivity index (χ1) is 1.73. The molecule has 0 aliphatic carbocycles. The maximum Gasteiger partial charge on any atom is 0.433 e. The van der Waals surface area contributed by atoms with Crippen molar-refractivity contribution in [3.63, 3.8) is 0 Å². The first kappa shape index (κ1) is 9.86. The number of rotatable bonds is 0. The van der Waals surface area contributed by atoms with Crippen LogP contribution < -0.4 is 8.40 Å². The quantitative estimate of drug-likeness (QED) is 0.514. The van der Waals surface area contributed by atoms with E-state index in [4.69, 9.17) is 12.6 Å². The van der Waals surface area contributed by atoms with E-state index in [2.05, 4.69) is 0 Å². The topological polar surface area (TPSA) is 66.3 Å². The van der Waals surface area contributed by atoms with Gasteiger partial charge in [-0.15, -0.1) is 0 Å². The van der Waals surface area contributed by atoms with Gasteiger partial charge in [-0.05, 0) is 4.20 Å². The van der Waals surface area contributed by atoms with Crippen LogP contribution in [0.25, 0.3) is 0 Å². The van der Waals surface area contributed by atoms with Crippen molar-refractivity contribution >= 4 is 0 Å². The van der Waals surface area contributed by atoms with Gasteiger partial charge in [0.1, 0.15) is 0 Å². The van der Waals surface area contributed by atoms with E-state index < -0.39 is 14.8 Å². The third-order valence-electron chi connectivity index (χ3n) is 0. The zero-order valence-electron chi connectivity index (χ0n) is 2.14. The maximum absolute atomic E-state index is 8.63. The molecule has 0 amide bonds. The summed E-state index contributed by atoms with van der Waals surface area (Å²) in [5, 5.41) is 0. The number of hydrogen-bond acceptors (Lipinski definition) is 3. The van der Waals surface area contributed by atoms with E-state index in [1.807, 2.05) is 0 Å². The summed E-state index contributed by atoms with van der Waals surface area (Å²) in [6.07, 6.45) is 0. The van der Waals surface area contributed by atoms with Crippen LogP contribution in [0.2, 0.25) is 0 Å². The molecule has 0 aliphatic heterocycles. The van der Waals surface area contributed by atoms with Crippen molar-refractivity contribution in [3.8, 4) is 0 Å². The molecule has 0 bridgehead atoms. The minimum absolute atomic E-state index is 0. The van der Waals surface area contributed by atoms with Crippen LogP contribution in [0, 0.1) is 55.7 Å². The standard InChI is InChI=1S/BrHO3.Nd/c2-1(3)4;/h2H;. The molecule has 0 saturated carbocycles. The molecule has 0 rings (SSSR count). The average molecular weight is 273 g/mol. The summed E-state index contributed by atoms with van der Waals surface area (Å²) in [6.45, 7) is 0. The van der Waals surface area contributed by atoms with Crippen molar-refractivity contribution in [3.05, 3.63) is 0 Å². The summed E-state index contributed by atoms with van der Waals surface area (Å²) in [4.78, 5) is 0. The molecule has 0 heterocycles. The summed E-state index contributed by atoms with van der Waals surface area (Å²) >= 11 is -3.40. The van der Waals surface area contributed by atoms with Crippen LogP contribution in [0.5, 0.6) is 0 Å². The van der Waals surface area contributed by atoms with Crippen molar-refractivity contribution in [2.45, 2.75) is 0 Å². The van der Waals surface area contributed by atoms with Crippen LogP contribution in [-0.2, 0) is 0 Å². The van der Waals surface area contributed by atoms with Gasteiger partial charge in [-0.25, -0.2) is 0 Å². The summed E-state index contributed by atoms with van der Waals surface area (Å²) in [6, 6.07) is 0. The van der Waals surface area contributed by atoms with Gasteiger partial charge in [-0.3, -0.25) is 0 Å². The largest absolute Gasteiger partial charge is 0.433 e. The fourth-order valence-corrected chi connectivity index (χ4v) is 0. The molecular weight excluding hydrogens is 272 g/mol. The van der Waals surface area contributed by atoms with E-state index in [-0.39, 0.29) is 40.8 Å². The molecule has 0 aliphatic rings. The Morgan fingerprint density at radius 3 is 1.40 bits per heavy atom. The van der Waals surface area contributed by atoms with Crippen LogP contribution in [0.15, 0.2) is 0 Å². The van der Waals surface area contributed by atoms with Crippen molar-refractivity contribution < 1.29 is 68.2 Å². The van der Waals surface area contributed by atoms with E-state index in [9.17, 15) is 0 Å². The van der Waals surface area contributed by atoms with Gasteiger partial charge in [-0.2, -0.15) is 0 Å². The van der Waals surface area contributed by atoms with Crippen molar-refractivity contribution in [2.24, 2.45) is 0 Å². The summed E-state index contributed by atoms with van der Waals surface area (Å²) in [7, 11) is 0. The molecule has 30 valence electrons. The molecule has 0 unspecified atom stereocenters. The van der Waals surface area contributed by atoms with E-state index >= 15 is 0 Å². The third-order valence-corrected chi connectivity index (χ3v) is 0. The first-order valence-corrected chi connectivity index (χ1v) is 2.48. The van der Waals surface area contributed by atoms with Crippen molar-refractivity contribution in [1.82, 2.24) is 0 Å². The molecule has 0 aromatic carbocycles. The first-order valence-electron chi connectivity index (χ1n) is 0.478. The summed E-state index contributed by atoms with van der Waals surface area (Å²) < 4.78 is 24.3. The molecule has 0 saturated heterocycles. The van der Waals surface area contributed by atoms with Gasteiger partial charge in [-0.1, -0.05) is 0 Å². The fourth-order valence-electron chi connectivity index (χ4n) is 0. The monoisotopic (exact) mass is 270 g/mol. The molecule has 5 heavy (non-hydrogen) atoms. The molecular formula is HBrNdO3. The Kier molecular flexibility index (Phi) is 11.3. The third kappa shape index (κ3) is 26.9. The van der Waals surface area contributed by atoms with E-state index in [0.29, 0.717) is 0 Å².